The van der Waals surface area contributed by atoms with Gasteiger partial charge in [0.25, 0.3) is 5.08 Å². The molecule has 7 N–H and O–H groups in total. The zero-order chi connectivity index (χ0) is 11.6. The van der Waals surface area contributed by atoms with Crippen LogP contribution in [0, 0.1) is 0 Å². The minimum atomic E-state index is -5.30. The Balaban J connectivity index is -0.000000141. The maximum atomic E-state index is 10.7. The van der Waals surface area contributed by atoms with Gasteiger partial charge in [-0.2, -0.15) is 0 Å². The topological polar surface area (TPSA) is 161 Å². The normalized spacial score (nSPS) is 11.2. The molecule has 0 heterocycles. The van der Waals surface area contributed by atoms with Gasteiger partial charge in [0.2, 0.25) is 0 Å². The summed E-state index contributed by atoms with van der Waals surface area (Å²) in [5.74, 6) is 0. The molecule has 0 amide bonds. The number of hydrogen-bond acceptors (Lipinski definition) is 4. The van der Waals surface area contributed by atoms with Gasteiger partial charge in [-0.25, -0.2) is 0 Å². The van der Waals surface area contributed by atoms with Gasteiger partial charge >= 0.3 is 133 Å². The van der Waals surface area contributed by atoms with Gasteiger partial charge in [0.05, 0.1) is 0 Å². The summed E-state index contributed by atoms with van der Waals surface area (Å²) in [4.78, 5) is 34.5. The molecule has 0 atom stereocenters. The van der Waals surface area contributed by atoms with Crippen LogP contribution in [0.15, 0.2) is 0 Å². The van der Waals surface area contributed by atoms with Crippen molar-refractivity contribution in [2.24, 2.45) is 5.73 Å². The molecule has 0 aliphatic carbocycles. The summed E-state index contributed by atoms with van der Waals surface area (Å²) < 4.78 is 21.4. The average molecular weight is 345 g/mol. The second-order valence-electron chi connectivity index (χ2n) is 2.75. The summed E-state index contributed by atoms with van der Waals surface area (Å²) in [6.45, 7) is -0.0394. The predicted molar refractivity (Wildman–Crippen MR) is 75.9 cm³/mol. The van der Waals surface area contributed by atoms with Gasteiger partial charge in [0.15, 0.2) is 0 Å². The molecule has 8 nitrogen and oxygen atoms in total. The Hall–Kier alpha value is 4.22. The van der Waals surface area contributed by atoms with E-state index in [0.29, 0.717) is 0 Å². The molecule has 14 heteroatoms. The van der Waals surface area contributed by atoms with E-state index in [9.17, 15) is 14.2 Å². The first-order valence-corrected chi connectivity index (χ1v) is 6.82. The molecule has 0 spiro atoms. The second-order valence-corrected chi connectivity index (χ2v) is 6.76. The molecule has 0 saturated carbocycles. The van der Waals surface area contributed by atoms with Crippen molar-refractivity contribution in [2.45, 2.75) is 17.9 Å². The molecule has 0 radical (unpaired) electrons. The summed E-state index contributed by atoms with van der Waals surface area (Å²) in [7, 11) is -10.6. The van der Waals surface area contributed by atoms with E-state index in [1.807, 2.05) is 0 Å². The number of hydrogen-bond donors (Lipinski definition) is 6. The SMILES string of the molecule is NCCCC(O)(P(=O)(O)O)P(=O)(O)O.[NaH].[NaH].[NaH].[NaH]. The van der Waals surface area contributed by atoms with Crippen LogP contribution in [0.4, 0.5) is 0 Å². The van der Waals surface area contributed by atoms with E-state index in [0.717, 1.165) is 0 Å². The quantitative estimate of drug-likeness (QED) is 0.218. The third-order valence-corrected chi connectivity index (χ3v) is 5.53. The third-order valence-electron chi connectivity index (χ3n) is 1.65. The van der Waals surface area contributed by atoms with Crippen molar-refractivity contribution in [2.75, 3.05) is 6.54 Å². The molecule has 18 heavy (non-hydrogen) atoms. The fourth-order valence-corrected chi connectivity index (χ4v) is 3.06. The Bertz CT molecular complexity index is 271. The Morgan fingerprint density at radius 2 is 1.17 bits per heavy atom. The van der Waals surface area contributed by atoms with Crippen molar-refractivity contribution in [3.05, 3.63) is 0 Å². The monoisotopic (exact) mass is 345 g/mol. The van der Waals surface area contributed by atoms with Crippen molar-refractivity contribution in [3.63, 3.8) is 0 Å². The number of aliphatic hydroxyl groups is 1. The Morgan fingerprint density at radius 1 is 0.889 bits per heavy atom. The minimum absolute atomic E-state index is 0. The predicted octanol–water partition coefficient (Wildman–Crippen LogP) is -3.87. The van der Waals surface area contributed by atoms with Crippen LogP contribution in [-0.2, 0) is 9.13 Å². The molecular weight excluding hydrogens is 328 g/mol. The van der Waals surface area contributed by atoms with Crippen molar-refractivity contribution < 1.29 is 33.8 Å². The van der Waals surface area contributed by atoms with Crippen LogP contribution >= 0.6 is 15.2 Å². The van der Waals surface area contributed by atoms with Crippen LogP contribution in [-0.4, -0.2) is 155 Å². The summed E-state index contributed by atoms with van der Waals surface area (Å²) in [6.07, 6.45) is -0.856. The first-order valence-electron chi connectivity index (χ1n) is 3.60. The van der Waals surface area contributed by atoms with Gasteiger partial charge in [-0.15, -0.1) is 0 Å². The van der Waals surface area contributed by atoms with Crippen LogP contribution in [0.2, 0.25) is 0 Å². The third kappa shape index (κ3) is 10.1. The van der Waals surface area contributed by atoms with Gasteiger partial charge in [-0.3, -0.25) is 9.13 Å². The summed E-state index contributed by atoms with van der Waals surface area (Å²) in [5.41, 5.74) is 5.01. The van der Waals surface area contributed by atoms with E-state index in [-0.39, 0.29) is 131 Å². The molecule has 0 aromatic carbocycles. The molecule has 0 aliphatic rings. The standard InChI is InChI=1S/C4H13NO7P2.4Na.4H/c5-3-1-2-4(6,13(7,8)9)14(10,11)12;;;;;;;;/h6H,1-3,5H2,(H2,7,8,9)(H2,10,11,12);;;;;;;;. The molecule has 0 saturated heterocycles. The average Bonchev–Trinajstić information content (AvgIpc) is 1.95. The van der Waals surface area contributed by atoms with Gasteiger partial charge < -0.3 is 30.4 Å². The van der Waals surface area contributed by atoms with E-state index >= 15 is 0 Å². The van der Waals surface area contributed by atoms with Crippen molar-refractivity contribution in [1.29, 1.82) is 0 Å². The summed E-state index contributed by atoms with van der Waals surface area (Å²) >= 11 is 0. The molecule has 94 valence electrons. The van der Waals surface area contributed by atoms with Gasteiger partial charge in [0, 0.05) is 6.42 Å². The molecule has 0 aromatic heterocycles. The van der Waals surface area contributed by atoms with Crippen LogP contribution in [0.1, 0.15) is 12.8 Å². The summed E-state index contributed by atoms with van der Waals surface area (Å²) in [6, 6.07) is 0. The first-order chi connectivity index (χ1) is 6.06. The first kappa shape index (κ1) is 33.7. The molecule has 0 aromatic rings. The van der Waals surface area contributed by atoms with Crippen LogP contribution in [0.3, 0.4) is 0 Å². The Labute approximate surface area is 194 Å². The van der Waals surface area contributed by atoms with E-state index < -0.39 is 26.7 Å². The zero-order valence-electron chi connectivity index (χ0n) is 7.15. The molecule has 0 bridgehead atoms. The molecule has 0 fully saturated rings. The fraction of sp³-hybridized carbons (Fsp3) is 1.00. The Morgan fingerprint density at radius 3 is 1.33 bits per heavy atom. The number of nitrogens with two attached hydrogens (primary N) is 1. The molecule has 0 unspecified atom stereocenters. The number of rotatable bonds is 5. The Kier molecular flexibility index (Phi) is 25.6. The van der Waals surface area contributed by atoms with Crippen molar-refractivity contribution in [1.82, 2.24) is 0 Å². The van der Waals surface area contributed by atoms with Crippen LogP contribution in [0.5, 0.6) is 0 Å². The molecule has 0 rings (SSSR count). The van der Waals surface area contributed by atoms with Gasteiger partial charge in [-0.1, -0.05) is 0 Å². The summed E-state index contributed by atoms with van der Waals surface area (Å²) in [5, 5.41) is 5.91. The fourth-order valence-electron chi connectivity index (χ4n) is 0.800. The maximum absolute atomic E-state index is 10.7. The van der Waals surface area contributed by atoms with E-state index in [2.05, 4.69) is 0 Å². The van der Waals surface area contributed by atoms with Gasteiger partial charge in [0.1, 0.15) is 0 Å². The van der Waals surface area contributed by atoms with Gasteiger partial charge in [-0.05, 0) is 13.0 Å². The van der Waals surface area contributed by atoms with Crippen LogP contribution in [0.25, 0.3) is 0 Å². The van der Waals surface area contributed by atoms with E-state index in [1.165, 1.54) is 0 Å². The second kappa shape index (κ2) is 13.6. The van der Waals surface area contributed by atoms with E-state index in [1.54, 1.807) is 0 Å². The zero-order valence-corrected chi connectivity index (χ0v) is 8.93. The molecular formula is C4H17NNa4O7P2. The van der Waals surface area contributed by atoms with Crippen LogP contribution < -0.4 is 5.73 Å². The molecule has 0 aliphatic heterocycles. The van der Waals surface area contributed by atoms with E-state index in [4.69, 9.17) is 25.3 Å². The van der Waals surface area contributed by atoms with Crippen molar-refractivity contribution >= 4 is 133 Å². The van der Waals surface area contributed by atoms with Crippen molar-refractivity contribution in [3.8, 4) is 0 Å².